The van der Waals surface area contributed by atoms with Crippen LogP contribution in [0.5, 0.6) is 0 Å². The average molecular weight is 145 g/mol. The number of hydrogen-bond donors (Lipinski definition) is 1. The van der Waals surface area contributed by atoms with Crippen molar-refractivity contribution in [3.8, 4) is 0 Å². The maximum atomic E-state index is 8.39. The Morgan fingerprint density at radius 3 is 2.80 bits per heavy atom. The van der Waals surface area contributed by atoms with Gasteiger partial charge in [-0.05, 0) is 7.05 Å². The minimum Gasteiger partial charge on any atom is -0.394 e. The number of aliphatic hydroxyl groups is 1. The van der Waals surface area contributed by atoms with Crippen LogP contribution < -0.4 is 0 Å². The van der Waals surface area contributed by atoms with Crippen molar-refractivity contribution in [3.63, 3.8) is 0 Å². The van der Waals surface area contributed by atoms with Crippen molar-refractivity contribution >= 4 is 0 Å². The summed E-state index contributed by atoms with van der Waals surface area (Å²) in [7, 11) is 2.10. The highest BCUT2D eigenvalue weighted by molar-refractivity contribution is 4.75. The van der Waals surface area contributed by atoms with Gasteiger partial charge < -0.3 is 14.7 Å². The molecule has 10 heavy (non-hydrogen) atoms. The Morgan fingerprint density at radius 1 is 1.60 bits per heavy atom. The molecule has 1 fully saturated rings. The van der Waals surface area contributed by atoms with Crippen LogP contribution in [-0.4, -0.2) is 50.0 Å². The Bertz CT molecular complexity index is 91.6. The molecule has 0 aromatic rings. The van der Waals surface area contributed by atoms with E-state index in [-0.39, 0.29) is 6.61 Å². The van der Waals surface area contributed by atoms with Crippen LogP contribution in [0.15, 0.2) is 0 Å². The molecule has 0 aromatic heterocycles. The second kappa shape index (κ2) is 3.91. The normalized spacial score (nSPS) is 21.0. The highest BCUT2D eigenvalue weighted by atomic mass is 16.5. The standard InChI is InChI=1S/C7H15NO2/c1-8-4-7(5-8)6-10-3-2-9/h7,9H,2-6H2,1H3. The first-order chi connectivity index (χ1) is 4.83. The van der Waals surface area contributed by atoms with Crippen molar-refractivity contribution < 1.29 is 9.84 Å². The molecular weight excluding hydrogens is 130 g/mol. The molecule has 3 nitrogen and oxygen atoms in total. The third-order valence-corrected chi connectivity index (χ3v) is 1.73. The van der Waals surface area contributed by atoms with E-state index in [0.717, 1.165) is 19.7 Å². The van der Waals surface area contributed by atoms with Gasteiger partial charge in [-0.15, -0.1) is 0 Å². The monoisotopic (exact) mass is 145 g/mol. The maximum Gasteiger partial charge on any atom is 0.0697 e. The van der Waals surface area contributed by atoms with E-state index < -0.39 is 0 Å². The summed E-state index contributed by atoms with van der Waals surface area (Å²) in [5, 5.41) is 8.39. The summed E-state index contributed by atoms with van der Waals surface area (Å²) in [5.41, 5.74) is 0. The Morgan fingerprint density at radius 2 is 2.30 bits per heavy atom. The zero-order valence-corrected chi connectivity index (χ0v) is 6.42. The molecule has 1 heterocycles. The molecule has 60 valence electrons. The van der Waals surface area contributed by atoms with Crippen LogP contribution in [-0.2, 0) is 4.74 Å². The molecule has 0 unspecified atom stereocenters. The van der Waals surface area contributed by atoms with E-state index in [1.54, 1.807) is 0 Å². The molecule has 1 saturated heterocycles. The molecule has 1 aliphatic heterocycles. The first-order valence-electron chi connectivity index (χ1n) is 3.70. The molecule has 0 aliphatic carbocycles. The van der Waals surface area contributed by atoms with E-state index in [1.165, 1.54) is 0 Å². The van der Waals surface area contributed by atoms with Gasteiger partial charge in [0, 0.05) is 19.0 Å². The van der Waals surface area contributed by atoms with Crippen LogP contribution in [0.3, 0.4) is 0 Å². The van der Waals surface area contributed by atoms with Crippen molar-refractivity contribution in [1.29, 1.82) is 0 Å². The number of ether oxygens (including phenoxy) is 1. The predicted molar refractivity (Wildman–Crippen MR) is 38.9 cm³/mol. The molecular formula is C7H15NO2. The number of hydrogen-bond acceptors (Lipinski definition) is 3. The second-order valence-corrected chi connectivity index (χ2v) is 2.89. The third-order valence-electron chi connectivity index (χ3n) is 1.73. The fourth-order valence-electron chi connectivity index (χ4n) is 1.25. The van der Waals surface area contributed by atoms with Crippen LogP contribution >= 0.6 is 0 Å². The van der Waals surface area contributed by atoms with Gasteiger partial charge in [0.25, 0.3) is 0 Å². The zero-order valence-electron chi connectivity index (χ0n) is 6.42. The highest BCUT2D eigenvalue weighted by Crippen LogP contribution is 2.12. The van der Waals surface area contributed by atoms with Crippen LogP contribution in [0.2, 0.25) is 0 Å². The summed E-state index contributed by atoms with van der Waals surface area (Å²) >= 11 is 0. The summed E-state index contributed by atoms with van der Waals surface area (Å²) in [6.07, 6.45) is 0. The lowest BCUT2D eigenvalue weighted by Crippen LogP contribution is -2.45. The predicted octanol–water partition coefficient (Wildman–Crippen LogP) is -0.443. The molecule has 0 radical (unpaired) electrons. The van der Waals surface area contributed by atoms with Crippen molar-refractivity contribution in [2.75, 3.05) is 40.0 Å². The number of aliphatic hydroxyl groups excluding tert-OH is 1. The van der Waals surface area contributed by atoms with E-state index in [0.29, 0.717) is 12.5 Å². The van der Waals surface area contributed by atoms with Crippen molar-refractivity contribution in [2.24, 2.45) is 5.92 Å². The first-order valence-corrected chi connectivity index (χ1v) is 3.70. The third kappa shape index (κ3) is 2.25. The van der Waals surface area contributed by atoms with E-state index in [9.17, 15) is 0 Å². The van der Waals surface area contributed by atoms with E-state index in [2.05, 4.69) is 11.9 Å². The van der Waals surface area contributed by atoms with Gasteiger partial charge in [-0.25, -0.2) is 0 Å². The molecule has 0 aromatic carbocycles. The van der Waals surface area contributed by atoms with E-state index in [4.69, 9.17) is 9.84 Å². The van der Waals surface area contributed by atoms with Gasteiger partial charge in [-0.2, -0.15) is 0 Å². The van der Waals surface area contributed by atoms with Gasteiger partial charge in [-0.3, -0.25) is 0 Å². The van der Waals surface area contributed by atoms with Gasteiger partial charge in [0.15, 0.2) is 0 Å². The fourth-order valence-corrected chi connectivity index (χ4v) is 1.25. The van der Waals surface area contributed by atoms with Gasteiger partial charge in [0.2, 0.25) is 0 Å². The summed E-state index contributed by atoms with van der Waals surface area (Å²) in [6.45, 7) is 3.73. The Labute approximate surface area is 61.6 Å². The van der Waals surface area contributed by atoms with E-state index in [1.807, 2.05) is 0 Å². The second-order valence-electron chi connectivity index (χ2n) is 2.89. The van der Waals surface area contributed by atoms with Crippen LogP contribution in [0.4, 0.5) is 0 Å². The Hall–Kier alpha value is -0.120. The van der Waals surface area contributed by atoms with Gasteiger partial charge in [0.05, 0.1) is 19.8 Å². The fraction of sp³-hybridized carbons (Fsp3) is 1.00. The number of rotatable bonds is 4. The van der Waals surface area contributed by atoms with E-state index >= 15 is 0 Å². The van der Waals surface area contributed by atoms with Crippen LogP contribution in [0.1, 0.15) is 0 Å². The quantitative estimate of drug-likeness (QED) is 0.544. The SMILES string of the molecule is CN1CC(COCCO)C1. The molecule has 0 bridgehead atoms. The molecule has 1 aliphatic rings. The summed E-state index contributed by atoms with van der Waals surface area (Å²) < 4.78 is 5.16. The van der Waals surface area contributed by atoms with Gasteiger partial charge in [-0.1, -0.05) is 0 Å². The minimum absolute atomic E-state index is 0.141. The molecule has 0 atom stereocenters. The largest absolute Gasteiger partial charge is 0.394 e. The topological polar surface area (TPSA) is 32.7 Å². The smallest absolute Gasteiger partial charge is 0.0697 e. The average Bonchev–Trinajstić information content (AvgIpc) is 1.85. The summed E-state index contributed by atoms with van der Waals surface area (Å²) in [4.78, 5) is 2.26. The molecule has 1 N–H and O–H groups in total. The molecule has 0 saturated carbocycles. The molecule has 1 rings (SSSR count). The van der Waals surface area contributed by atoms with Gasteiger partial charge in [0.1, 0.15) is 0 Å². The molecule has 0 spiro atoms. The summed E-state index contributed by atoms with van der Waals surface area (Å²) in [6, 6.07) is 0. The minimum atomic E-state index is 0.141. The van der Waals surface area contributed by atoms with Crippen molar-refractivity contribution in [3.05, 3.63) is 0 Å². The lowest BCUT2D eigenvalue weighted by Gasteiger charge is -2.35. The van der Waals surface area contributed by atoms with Crippen molar-refractivity contribution in [1.82, 2.24) is 4.90 Å². The lowest BCUT2D eigenvalue weighted by molar-refractivity contribution is 0.0146. The number of likely N-dealkylation sites (tertiary alicyclic amines) is 1. The maximum absolute atomic E-state index is 8.39. The van der Waals surface area contributed by atoms with Gasteiger partial charge >= 0.3 is 0 Å². The Kier molecular flexibility index (Phi) is 3.12. The Balaban J connectivity index is 1.86. The molecule has 0 amide bonds. The number of nitrogens with zero attached hydrogens (tertiary/aromatic N) is 1. The molecule has 3 heteroatoms. The highest BCUT2D eigenvalue weighted by Gasteiger charge is 2.22. The zero-order chi connectivity index (χ0) is 7.40. The lowest BCUT2D eigenvalue weighted by atomic mass is 10.0. The van der Waals surface area contributed by atoms with Crippen molar-refractivity contribution in [2.45, 2.75) is 0 Å². The van der Waals surface area contributed by atoms with Crippen LogP contribution in [0, 0.1) is 5.92 Å². The summed E-state index contributed by atoms with van der Waals surface area (Å²) in [5.74, 6) is 0.705. The first kappa shape index (κ1) is 7.98. The van der Waals surface area contributed by atoms with Crippen LogP contribution in [0.25, 0.3) is 0 Å².